The van der Waals surface area contributed by atoms with E-state index >= 15 is 0 Å². The lowest BCUT2D eigenvalue weighted by Gasteiger charge is -2.09. The number of nitrogens with two attached hydrogens (primary N) is 1. The van der Waals surface area contributed by atoms with Crippen molar-refractivity contribution < 1.29 is 25.9 Å². The van der Waals surface area contributed by atoms with E-state index in [1.807, 2.05) is 18.5 Å². The lowest BCUT2D eigenvalue weighted by molar-refractivity contribution is 0.478. The van der Waals surface area contributed by atoms with Gasteiger partial charge < -0.3 is 10.6 Å². The number of hydrogen-bond acceptors (Lipinski definition) is 7. The van der Waals surface area contributed by atoms with E-state index in [0.717, 1.165) is 63.0 Å². The molecule has 4 N–H and O–H groups in total. The fourth-order valence-electron chi connectivity index (χ4n) is 6.28. The first-order valence-electron chi connectivity index (χ1n) is 20.1. The first kappa shape index (κ1) is 47.7. The van der Waals surface area contributed by atoms with Crippen molar-refractivity contribution >= 4 is 26.6 Å². The number of hydrogen-bond donors (Lipinski definition) is 3. The summed E-state index contributed by atoms with van der Waals surface area (Å²) in [5, 5.41) is 0. The Balaban J connectivity index is 0.000000429. The molecule has 2 aromatic carbocycles. The molecule has 0 spiro atoms. The van der Waals surface area contributed by atoms with Gasteiger partial charge in [-0.1, -0.05) is 166 Å². The average Bonchev–Trinajstić information content (AvgIpc) is 3.64. The van der Waals surface area contributed by atoms with Crippen LogP contribution in [0.25, 0.3) is 0 Å². The van der Waals surface area contributed by atoms with Crippen LogP contribution in [0.15, 0.2) is 63.3 Å². The maximum absolute atomic E-state index is 11.3. The minimum atomic E-state index is -4.10. The molecule has 0 radical (unpaired) electrons. The van der Waals surface area contributed by atoms with Crippen molar-refractivity contribution in [3.63, 3.8) is 0 Å². The molecule has 2 aromatic rings. The van der Waals surface area contributed by atoms with E-state index in [4.69, 9.17) is 5.73 Å². The zero-order valence-corrected chi connectivity index (χ0v) is 34.0. The highest BCUT2D eigenvalue weighted by Crippen LogP contribution is 2.20. The van der Waals surface area contributed by atoms with Gasteiger partial charge in [-0.3, -0.25) is 14.1 Å². The van der Waals surface area contributed by atoms with Gasteiger partial charge in [0.05, 0.1) is 22.7 Å². The highest BCUT2D eigenvalue weighted by atomic mass is 32.2. The molecule has 11 heteroatoms. The summed E-state index contributed by atoms with van der Waals surface area (Å²) in [6.07, 6.45) is 28.5. The molecule has 52 heavy (non-hydrogen) atoms. The summed E-state index contributed by atoms with van der Waals surface area (Å²) < 4.78 is 63.6. The Kier molecular flexibility index (Phi) is 27.6. The summed E-state index contributed by atoms with van der Waals surface area (Å²) in [4.78, 5) is 6.28. The van der Waals surface area contributed by atoms with E-state index in [0.29, 0.717) is 12.8 Å². The molecule has 0 atom stereocenters. The summed E-state index contributed by atoms with van der Waals surface area (Å²) in [6.45, 7) is 8.15. The summed E-state index contributed by atoms with van der Waals surface area (Å²) in [7, 11) is -8.19. The molecule has 0 saturated heterocycles. The smallest absolute Gasteiger partial charge is 0.294 e. The third-order valence-corrected chi connectivity index (χ3v) is 11.2. The standard InChI is InChI=1S/2C18H30O3S.C5H11N3/c2*1-2-3-4-5-6-7-8-9-10-11-14-17-15-12-13-16-18(17)22(19,20)21;6-1-3-8-4-2-7-5-8/h2*12-13,15-16H,2-11,14H2,1H3,(H,19,20,21);5H,1-4,6H2. The van der Waals surface area contributed by atoms with Crippen LogP contribution < -0.4 is 5.73 Å². The van der Waals surface area contributed by atoms with Gasteiger partial charge in [0.15, 0.2) is 0 Å². The number of unbranched alkanes of at least 4 members (excludes halogenated alkanes) is 18. The molecule has 0 unspecified atom stereocenters. The van der Waals surface area contributed by atoms with Gasteiger partial charge in [0.1, 0.15) is 0 Å². The minimum Gasteiger partial charge on any atom is -0.360 e. The first-order chi connectivity index (χ1) is 25.0. The largest absolute Gasteiger partial charge is 0.360 e. The van der Waals surface area contributed by atoms with Crippen molar-refractivity contribution in [3.05, 3.63) is 59.7 Å². The number of aryl methyl sites for hydroxylation is 2. The molecule has 9 nitrogen and oxygen atoms in total. The molecule has 1 heterocycles. The van der Waals surface area contributed by atoms with Crippen LogP contribution >= 0.6 is 0 Å². The maximum atomic E-state index is 11.3. The van der Waals surface area contributed by atoms with Crippen LogP contribution in [0.5, 0.6) is 0 Å². The van der Waals surface area contributed by atoms with Gasteiger partial charge in [0, 0.05) is 19.6 Å². The van der Waals surface area contributed by atoms with E-state index in [-0.39, 0.29) is 9.79 Å². The van der Waals surface area contributed by atoms with E-state index in [1.165, 1.54) is 115 Å². The fourth-order valence-corrected chi connectivity index (χ4v) is 7.79. The zero-order chi connectivity index (χ0) is 38.3. The first-order valence-corrected chi connectivity index (χ1v) is 23.0. The molecule has 0 aliphatic carbocycles. The molecule has 0 fully saturated rings. The number of aliphatic imine (C=N–C) groups is 1. The predicted octanol–water partition coefficient (Wildman–Crippen LogP) is 10.1. The Morgan fingerprint density at radius 2 is 0.923 bits per heavy atom. The molecule has 1 aliphatic heterocycles. The van der Waals surface area contributed by atoms with E-state index in [1.54, 1.807) is 24.3 Å². The van der Waals surface area contributed by atoms with Crippen LogP contribution in [0, 0.1) is 0 Å². The van der Waals surface area contributed by atoms with Crippen LogP contribution in [0.2, 0.25) is 0 Å². The lowest BCUT2D eigenvalue weighted by atomic mass is 10.0. The Hall–Kier alpha value is -2.31. The highest BCUT2D eigenvalue weighted by Gasteiger charge is 2.15. The van der Waals surface area contributed by atoms with Gasteiger partial charge in [-0.15, -0.1) is 0 Å². The van der Waals surface area contributed by atoms with Gasteiger partial charge in [-0.05, 0) is 48.9 Å². The second-order valence-electron chi connectivity index (χ2n) is 13.9. The quantitative estimate of drug-likeness (QED) is 0.0633. The Morgan fingerprint density at radius 1 is 0.577 bits per heavy atom. The maximum Gasteiger partial charge on any atom is 0.294 e. The summed E-state index contributed by atoms with van der Waals surface area (Å²) in [5.74, 6) is 0. The molecule has 298 valence electrons. The van der Waals surface area contributed by atoms with Crippen molar-refractivity contribution in [1.82, 2.24) is 4.90 Å². The van der Waals surface area contributed by atoms with Crippen molar-refractivity contribution in [2.45, 2.75) is 165 Å². The Bertz CT molecular complexity index is 1320. The van der Waals surface area contributed by atoms with Gasteiger partial charge in [-0.25, -0.2) is 0 Å². The van der Waals surface area contributed by atoms with E-state index in [9.17, 15) is 25.9 Å². The van der Waals surface area contributed by atoms with Crippen LogP contribution in [0.4, 0.5) is 0 Å². The molecule has 1 aliphatic rings. The zero-order valence-electron chi connectivity index (χ0n) is 32.4. The van der Waals surface area contributed by atoms with Crippen LogP contribution in [-0.4, -0.2) is 63.4 Å². The molecule has 0 bridgehead atoms. The predicted molar refractivity (Wildman–Crippen MR) is 218 cm³/mol. The SMILES string of the molecule is CCCCCCCCCCCCc1ccccc1S(=O)(=O)O.CCCCCCCCCCCCc1ccccc1S(=O)(=O)O.NCCN1C=NCC1. The van der Waals surface area contributed by atoms with Gasteiger partial charge >= 0.3 is 0 Å². The second kappa shape index (κ2) is 30.1. The van der Waals surface area contributed by atoms with Crippen LogP contribution in [0.1, 0.15) is 153 Å². The highest BCUT2D eigenvalue weighted by molar-refractivity contribution is 7.86. The van der Waals surface area contributed by atoms with Gasteiger partial charge in [0.25, 0.3) is 20.2 Å². The molecule has 0 amide bonds. The summed E-state index contributed by atoms with van der Waals surface area (Å²) >= 11 is 0. The van der Waals surface area contributed by atoms with Crippen LogP contribution in [-0.2, 0) is 33.1 Å². The minimum absolute atomic E-state index is 0.0610. The number of rotatable bonds is 26. The van der Waals surface area contributed by atoms with Crippen molar-refractivity contribution in [2.75, 3.05) is 26.2 Å². The third-order valence-electron chi connectivity index (χ3n) is 9.28. The van der Waals surface area contributed by atoms with Crippen molar-refractivity contribution in [2.24, 2.45) is 10.7 Å². The normalized spacial score (nSPS) is 12.7. The van der Waals surface area contributed by atoms with Crippen LogP contribution in [0.3, 0.4) is 0 Å². The fraction of sp³-hybridized carbons (Fsp3) is 0.683. The third kappa shape index (κ3) is 24.1. The summed E-state index contributed by atoms with van der Waals surface area (Å²) in [5.41, 5.74) is 6.76. The van der Waals surface area contributed by atoms with Gasteiger partial charge in [0.2, 0.25) is 0 Å². The average molecular weight is 766 g/mol. The van der Waals surface area contributed by atoms with Crippen molar-refractivity contribution in [1.29, 1.82) is 0 Å². The van der Waals surface area contributed by atoms with Gasteiger partial charge in [-0.2, -0.15) is 16.8 Å². The molecule has 0 aromatic heterocycles. The Morgan fingerprint density at radius 3 is 1.23 bits per heavy atom. The number of nitrogens with zero attached hydrogens (tertiary/aromatic N) is 2. The Labute approximate surface area is 317 Å². The molecule has 0 saturated carbocycles. The summed E-state index contributed by atoms with van der Waals surface area (Å²) in [6, 6.07) is 13.5. The molecule has 3 rings (SSSR count). The molecular weight excluding hydrogens is 695 g/mol. The lowest BCUT2D eigenvalue weighted by Crippen LogP contribution is -2.26. The topological polar surface area (TPSA) is 150 Å². The second-order valence-corrected chi connectivity index (χ2v) is 16.7. The number of benzene rings is 2. The van der Waals surface area contributed by atoms with Crippen molar-refractivity contribution in [3.8, 4) is 0 Å². The monoisotopic (exact) mass is 765 g/mol. The molecular formula is C41H71N3O6S2. The van der Waals surface area contributed by atoms with E-state index in [2.05, 4.69) is 23.7 Å². The van der Waals surface area contributed by atoms with E-state index < -0.39 is 20.2 Å².